The molecule has 172 valence electrons. The van der Waals surface area contributed by atoms with Gasteiger partial charge in [-0.25, -0.2) is 0 Å². The highest BCUT2D eigenvalue weighted by Crippen LogP contribution is 2.41. The zero-order valence-corrected chi connectivity index (χ0v) is 20.5. The summed E-state index contributed by atoms with van der Waals surface area (Å²) < 4.78 is 11.4. The Labute approximate surface area is 215 Å². The Kier molecular flexibility index (Phi) is 3.70. The van der Waals surface area contributed by atoms with Gasteiger partial charge in [-0.3, -0.25) is 0 Å². The lowest BCUT2D eigenvalue weighted by molar-refractivity contribution is 0.669. The van der Waals surface area contributed by atoms with Crippen LogP contribution < -0.4 is 0 Å². The van der Waals surface area contributed by atoms with Gasteiger partial charge in [-0.2, -0.15) is 0 Å². The molecule has 0 aliphatic heterocycles. The highest BCUT2D eigenvalue weighted by molar-refractivity contribution is 7.25. The summed E-state index contributed by atoms with van der Waals surface area (Å²) >= 11 is 1.86. The number of benzene rings is 6. The summed E-state index contributed by atoms with van der Waals surface area (Å²) in [5.74, 6) is 0. The molecule has 0 unspecified atom stereocenters. The Bertz CT molecular complexity index is 2370. The van der Waals surface area contributed by atoms with Crippen LogP contribution in [0.4, 0.5) is 0 Å². The third kappa shape index (κ3) is 2.64. The number of rotatable bonds is 1. The maximum Gasteiger partial charge on any atom is 0.136 e. The summed E-state index contributed by atoms with van der Waals surface area (Å²) in [4.78, 5) is 0. The van der Waals surface area contributed by atoms with Crippen molar-refractivity contribution in [2.24, 2.45) is 0 Å². The zero-order chi connectivity index (χ0) is 24.1. The number of fused-ring (bicyclic) bond motifs is 10. The van der Waals surface area contributed by atoms with Gasteiger partial charge in [0.05, 0.1) is 11.0 Å². The van der Waals surface area contributed by atoms with E-state index in [0.29, 0.717) is 0 Å². The maximum absolute atomic E-state index is 6.30. The van der Waals surface area contributed by atoms with Crippen molar-refractivity contribution in [3.05, 3.63) is 115 Å². The Morgan fingerprint density at radius 3 is 2.08 bits per heavy atom. The van der Waals surface area contributed by atoms with Gasteiger partial charge in [0.2, 0.25) is 0 Å². The summed E-state index contributed by atoms with van der Waals surface area (Å²) in [5, 5.41) is 9.88. The molecule has 6 aromatic carbocycles. The molecule has 9 rings (SSSR count). The Hall–Kier alpha value is -4.60. The van der Waals surface area contributed by atoms with Crippen molar-refractivity contribution in [2.45, 2.75) is 0 Å². The molecule has 0 saturated heterocycles. The lowest BCUT2D eigenvalue weighted by atomic mass is 10.1. The predicted octanol–water partition coefficient (Wildman–Crippen LogP) is 10.2. The summed E-state index contributed by atoms with van der Waals surface area (Å²) in [6.07, 6.45) is 0. The molecule has 3 heteroatoms. The molecule has 3 aromatic heterocycles. The summed E-state index contributed by atoms with van der Waals surface area (Å²) in [6.45, 7) is 0. The third-order valence-electron chi connectivity index (χ3n) is 7.75. The van der Waals surface area contributed by atoms with Crippen molar-refractivity contribution in [3.8, 4) is 5.69 Å². The highest BCUT2D eigenvalue weighted by atomic mass is 32.1. The fraction of sp³-hybridized carbons (Fsp3) is 0. The largest absolute Gasteiger partial charge is 0.456 e. The van der Waals surface area contributed by atoms with E-state index >= 15 is 0 Å². The van der Waals surface area contributed by atoms with Crippen molar-refractivity contribution >= 4 is 86.0 Å². The van der Waals surface area contributed by atoms with Crippen LogP contribution in [-0.2, 0) is 0 Å². The van der Waals surface area contributed by atoms with Gasteiger partial charge in [-0.1, -0.05) is 60.7 Å². The van der Waals surface area contributed by atoms with E-state index in [-0.39, 0.29) is 0 Å². The fourth-order valence-corrected chi connectivity index (χ4v) is 7.14. The molecule has 0 atom stereocenters. The van der Waals surface area contributed by atoms with Gasteiger partial charge in [0.25, 0.3) is 0 Å². The van der Waals surface area contributed by atoms with Gasteiger partial charge < -0.3 is 8.98 Å². The Morgan fingerprint density at radius 2 is 1.16 bits per heavy atom. The number of para-hydroxylation sites is 1. The van der Waals surface area contributed by atoms with Gasteiger partial charge in [0, 0.05) is 47.4 Å². The van der Waals surface area contributed by atoms with Crippen LogP contribution in [0, 0.1) is 0 Å². The van der Waals surface area contributed by atoms with Crippen LogP contribution >= 0.6 is 11.3 Å². The van der Waals surface area contributed by atoms with Crippen LogP contribution in [0.15, 0.2) is 120 Å². The second-order valence-corrected chi connectivity index (χ2v) is 10.9. The number of hydrogen-bond donors (Lipinski definition) is 0. The van der Waals surface area contributed by atoms with Gasteiger partial charge >= 0.3 is 0 Å². The molecule has 0 spiro atoms. The average molecular weight is 490 g/mol. The molecular formula is C34H19NOS. The van der Waals surface area contributed by atoms with E-state index in [0.717, 1.165) is 21.9 Å². The third-order valence-corrected chi connectivity index (χ3v) is 8.90. The molecule has 0 amide bonds. The second-order valence-electron chi connectivity index (χ2n) is 9.79. The molecule has 9 aromatic rings. The number of thiophene rings is 1. The SMILES string of the molecule is c1ccc2cc3c(cc2c1)c1cc2oc4ccccc4c2cc1n3-c1ccc2sc3ccccc3c2c1. The van der Waals surface area contributed by atoms with Crippen molar-refractivity contribution < 1.29 is 4.42 Å². The van der Waals surface area contributed by atoms with E-state index in [9.17, 15) is 0 Å². The van der Waals surface area contributed by atoms with Crippen LogP contribution in [0.3, 0.4) is 0 Å². The molecule has 2 nitrogen and oxygen atoms in total. The quantitative estimate of drug-likeness (QED) is 0.224. The monoisotopic (exact) mass is 489 g/mol. The first kappa shape index (κ1) is 19.6. The number of nitrogens with zero attached hydrogens (tertiary/aromatic N) is 1. The van der Waals surface area contributed by atoms with E-state index in [1.165, 1.54) is 58.4 Å². The van der Waals surface area contributed by atoms with E-state index in [4.69, 9.17) is 4.42 Å². The molecule has 37 heavy (non-hydrogen) atoms. The van der Waals surface area contributed by atoms with E-state index in [2.05, 4.69) is 114 Å². The number of furan rings is 1. The molecule has 3 heterocycles. The maximum atomic E-state index is 6.30. The molecule has 0 radical (unpaired) electrons. The van der Waals surface area contributed by atoms with Crippen LogP contribution in [0.5, 0.6) is 0 Å². The predicted molar refractivity (Wildman–Crippen MR) is 158 cm³/mol. The van der Waals surface area contributed by atoms with Gasteiger partial charge in [-0.15, -0.1) is 11.3 Å². The first-order valence-corrected chi connectivity index (χ1v) is 13.3. The molecular weight excluding hydrogens is 470 g/mol. The molecule has 0 aliphatic carbocycles. The normalized spacial score (nSPS) is 12.3. The molecule has 0 N–H and O–H groups in total. The summed E-state index contributed by atoms with van der Waals surface area (Å²) in [7, 11) is 0. The zero-order valence-electron chi connectivity index (χ0n) is 19.7. The minimum atomic E-state index is 0.928. The average Bonchev–Trinajstić information content (AvgIpc) is 3.59. The highest BCUT2D eigenvalue weighted by Gasteiger charge is 2.18. The van der Waals surface area contributed by atoms with Crippen molar-refractivity contribution in [1.29, 1.82) is 0 Å². The van der Waals surface area contributed by atoms with Crippen molar-refractivity contribution in [2.75, 3.05) is 0 Å². The summed E-state index contributed by atoms with van der Waals surface area (Å²) in [6, 6.07) is 41.8. The van der Waals surface area contributed by atoms with E-state index in [1.54, 1.807) is 0 Å². The molecule has 0 saturated carbocycles. The topological polar surface area (TPSA) is 18.1 Å². The number of hydrogen-bond acceptors (Lipinski definition) is 2. The van der Waals surface area contributed by atoms with Crippen LogP contribution in [0.1, 0.15) is 0 Å². The fourth-order valence-electron chi connectivity index (χ4n) is 6.05. The lowest BCUT2D eigenvalue weighted by Crippen LogP contribution is -1.93. The Morgan fingerprint density at radius 1 is 0.459 bits per heavy atom. The van der Waals surface area contributed by atoms with E-state index < -0.39 is 0 Å². The van der Waals surface area contributed by atoms with Gasteiger partial charge in [0.15, 0.2) is 0 Å². The van der Waals surface area contributed by atoms with Gasteiger partial charge in [0.1, 0.15) is 11.2 Å². The molecule has 0 fully saturated rings. The standard InChI is InChI=1S/C34H19NOS/c1-2-8-21-16-29-25(15-20(21)7-1)26-19-32-27(23-9-3-5-11-31(23)36-32)18-30(26)35(29)22-13-14-34-28(17-22)24-10-4-6-12-33(24)37-34/h1-19H. The van der Waals surface area contributed by atoms with Crippen LogP contribution in [0.2, 0.25) is 0 Å². The number of aromatic nitrogens is 1. The van der Waals surface area contributed by atoms with Crippen LogP contribution in [0.25, 0.3) is 80.4 Å². The van der Waals surface area contributed by atoms with Crippen LogP contribution in [-0.4, -0.2) is 4.57 Å². The molecule has 0 aliphatic rings. The lowest BCUT2D eigenvalue weighted by Gasteiger charge is -2.09. The van der Waals surface area contributed by atoms with Crippen molar-refractivity contribution in [3.63, 3.8) is 0 Å². The minimum Gasteiger partial charge on any atom is -0.456 e. The summed E-state index contributed by atoms with van der Waals surface area (Å²) in [5.41, 5.74) is 5.45. The van der Waals surface area contributed by atoms with Crippen molar-refractivity contribution in [1.82, 2.24) is 4.57 Å². The van der Waals surface area contributed by atoms with E-state index in [1.807, 2.05) is 17.4 Å². The first-order chi connectivity index (χ1) is 18.3. The van der Waals surface area contributed by atoms with Gasteiger partial charge in [-0.05, 0) is 65.4 Å². The first-order valence-electron chi connectivity index (χ1n) is 12.5. The Balaban J connectivity index is 1.47. The second kappa shape index (κ2) is 7.00. The molecule has 0 bridgehead atoms. The smallest absolute Gasteiger partial charge is 0.136 e. The minimum absolute atomic E-state index is 0.928.